The molecule has 1 aliphatic rings. The van der Waals surface area contributed by atoms with Crippen LogP contribution in [0.3, 0.4) is 0 Å². The van der Waals surface area contributed by atoms with Crippen LogP contribution in [0.15, 0.2) is 0 Å². The maximum atomic E-state index is 7.49. The molecule has 1 heterocycles. The summed E-state index contributed by atoms with van der Waals surface area (Å²) >= 11 is 0. The summed E-state index contributed by atoms with van der Waals surface area (Å²) in [5, 5.41) is 0. The number of hydrogen-bond donors (Lipinski definition) is 0. The molecule has 0 aliphatic carbocycles. The number of rotatable bonds is 16. The van der Waals surface area contributed by atoms with Crippen LogP contribution in [0.1, 0.15) is 107 Å². The summed E-state index contributed by atoms with van der Waals surface area (Å²) < 4.78 is 59.9. The highest BCUT2D eigenvalue weighted by Crippen LogP contribution is 2.40. The molecule has 1 rings (SSSR count). The molecule has 0 saturated carbocycles. The van der Waals surface area contributed by atoms with Crippen molar-refractivity contribution in [3.05, 3.63) is 0 Å². The van der Waals surface area contributed by atoms with Crippen LogP contribution >= 0.6 is 0 Å². The molecule has 0 spiro atoms. The zero-order valence-corrected chi connectivity index (χ0v) is 42.6. The van der Waals surface area contributed by atoms with Gasteiger partial charge in [0.15, 0.2) is 0 Å². The van der Waals surface area contributed by atoms with E-state index in [-0.39, 0.29) is 0 Å². The van der Waals surface area contributed by atoms with E-state index in [4.69, 9.17) is 32.9 Å². The standard InChI is InChI=1S/C32H80O8Si8/c1-17-25-41(9)33-42(10,26-18-2)35-44(12,28-20-4)37-46(14,30-22-6)39-48(16,32-24-8)40-47(15,31-23-7)38-45(13,29-21-5)36-43(11,34-41)27-19-3/h17-32H2,1-16H3. The van der Waals surface area contributed by atoms with Gasteiger partial charge in [-0.15, -0.1) is 0 Å². The highest BCUT2D eigenvalue weighted by molar-refractivity contribution is 6.95. The Labute approximate surface area is 307 Å². The SMILES string of the molecule is CCC[Si]1(C)O[Si](C)(CCC)O[Si](C)(CCC)O[Si](C)(CCC)O[Si](C)(CCC)O[Si](C)(CCC)O[Si](C)(CCC)O[Si](C)(CCC)O1. The summed E-state index contributed by atoms with van der Waals surface area (Å²) in [6.07, 6.45) is 8.01. The first-order valence-corrected chi connectivity index (χ1v) is 39.9. The maximum Gasteiger partial charge on any atom is 0.317 e. The van der Waals surface area contributed by atoms with E-state index in [0.717, 1.165) is 99.7 Å². The topological polar surface area (TPSA) is 73.8 Å². The van der Waals surface area contributed by atoms with Gasteiger partial charge in [-0.3, -0.25) is 0 Å². The van der Waals surface area contributed by atoms with E-state index in [1.54, 1.807) is 0 Å². The Morgan fingerprint density at radius 2 is 0.292 bits per heavy atom. The molecule has 0 unspecified atom stereocenters. The monoisotopic (exact) mass is 816 g/mol. The first kappa shape index (κ1) is 47.4. The van der Waals surface area contributed by atoms with Gasteiger partial charge in [0.05, 0.1) is 0 Å². The average Bonchev–Trinajstić information content (AvgIpc) is 2.86. The molecule has 0 atom stereocenters. The molecule has 0 amide bonds. The van der Waals surface area contributed by atoms with Crippen molar-refractivity contribution in [3.63, 3.8) is 0 Å². The van der Waals surface area contributed by atoms with Crippen molar-refractivity contribution in [2.24, 2.45) is 0 Å². The molecule has 8 nitrogen and oxygen atoms in total. The lowest BCUT2D eigenvalue weighted by Gasteiger charge is -2.50. The van der Waals surface area contributed by atoms with Crippen molar-refractivity contribution in [1.82, 2.24) is 0 Å². The summed E-state index contributed by atoms with van der Waals surface area (Å²) in [7, 11) is -21.9. The van der Waals surface area contributed by atoms with Crippen LogP contribution in [-0.4, -0.2) is 68.5 Å². The van der Waals surface area contributed by atoms with Gasteiger partial charge < -0.3 is 32.9 Å². The summed E-state index contributed by atoms with van der Waals surface area (Å²) in [6.45, 7) is 36.3. The van der Waals surface area contributed by atoms with E-state index in [9.17, 15) is 0 Å². The Morgan fingerprint density at radius 1 is 0.208 bits per heavy atom. The molecule has 0 aromatic heterocycles. The Bertz CT molecular complexity index is 701. The fourth-order valence-electron chi connectivity index (χ4n) is 8.27. The van der Waals surface area contributed by atoms with Gasteiger partial charge >= 0.3 is 68.5 Å². The summed E-state index contributed by atoms with van der Waals surface area (Å²) in [5.41, 5.74) is 0. The van der Waals surface area contributed by atoms with Crippen LogP contribution in [0, 0.1) is 0 Å². The minimum atomic E-state index is -2.74. The molecule has 0 aromatic carbocycles. The first-order chi connectivity index (χ1) is 22.1. The fourth-order valence-corrected chi connectivity index (χ4v) is 55.6. The van der Waals surface area contributed by atoms with Crippen LogP contribution in [0.5, 0.6) is 0 Å². The second-order valence-electron chi connectivity index (χ2n) is 15.9. The quantitative estimate of drug-likeness (QED) is 0.143. The lowest BCUT2D eigenvalue weighted by molar-refractivity contribution is 0.224. The van der Waals surface area contributed by atoms with E-state index >= 15 is 0 Å². The van der Waals surface area contributed by atoms with E-state index in [1.807, 2.05) is 0 Å². The Hall–Kier alpha value is 1.42. The smallest absolute Gasteiger partial charge is 0.317 e. The highest BCUT2D eigenvalue weighted by atomic mass is 28.5. The summed E-state index contributed by atoms with van der Waals surface area (Å²) in [4.78, 5) is 0. The normalized spacial score (nSPS) is 41.0. The Morgan fingerprint density at radius 3 is 0.354 bits per heavy atom. The van der Waals surface area contributed by atoms with E-state index in [0.29, 0.717) is 0 Å². The van der Waals surface area contributed by atoms with Crippen LogP contribution < -0.4 is 0 Å². The lowest BCUT2D eigenvalue weighted by atomic mass is 10.6. The molecule has 288 valence electrons. The molecule has 0 bridgehead atoms. The Kier molecular flexibility index (Phi) is 20.0. The van der Waals surface area contributed by atoms with Gasteiger partial charge in [0, 0.05) is 0 Å². The van der Waals surface area contributed by atoms with Crippen LogP contribution in [0.4, 0.5) is 0 Å². The molecular weight excluding hydrogens is 737 g/mol. The largest absolute Gasteiger partial charge is 0.416 e. The fraction of sp³-hybridized carbons (Fsp3) is 1.00. The van der Waals surface area contributed by atoms with Crippen molar-refractivity contribution < 1.29 is 32.9 Å². The minimum Gasteiger partial charge on any atom is -0.416 e. The van der Waals surface area contributed by atoms with Gasteiger partial charge in [-0.2, -0.15) is 0 Å². The molecule has 1 aliphatic heterocycles. The zero-order valence-electron chi connectivity index (χ0n) is 34.6. The van der Waals surface area contributed by atoms with Gasteiger partial charge in [-0.1, -0.05) is 107 Å². The lowest BCUT2D eigenvalue weighted by Crippen LogP contribution is -2.67. The van der Waals surface area contributed by atoms with Crippen LogP contribution in [0.2, 0.25) is 101 Å². The second-order valence-corrected chi connectivity index (χ2v) is 44.6. The third-order valence-corrected chi connectivity index (χ3v) is 48.0. The molecule has 1 fully saturated rings. The van der Waals surface area contributed by atoms with Gasteiger partial charge in [-0.25, -0.2) is 0 Å². The van der Waals surface area contributed by atoms with E-state index in [1.165, 1.54) is 0 Å². The molecule has 0 aromatic rings. The predicted molar refractivity (Wildman–Crippen MR) is 222 cm³/mol. The van der Waals surface area contributed by atoms with E-state index < -0.39 is 68.5 Å². The molecule has 16 heteroatoms. The summed E-state index contributed by atoms with van der Waals surface area (Å²) in [5.74, 6) is 0. The van der Waals surface area contributed by atoms with Gasteiger partial charge in [0.2, 0.25) is 0 Å². The zero-order chi connectivity index (χ0) is 37.0. The van der Waals surface area contributed by atoms with Gasteiger partial charge in [0.1, 0.15) is 0 Å². The molecular formula is C32H80O8Si8. The first-order valence-electron chi connectivity index (χ1n) is 19.8. The highest BCUT2D eigenvalue weighted by Gasteiger charge is 2.57. The van der Waals surface area contributed by atoms with Crippen molar-refractivity contribution in [2.45, 2.75) is 207 Å². The Balaban J connectivity index is 4.13. The van der Waals surface area contributed by atoms with Gasteiger partial charge in [0.25, 0.3) is 0 Å². The van der Waals surface area contributed by atoms with Gasteiger partial charge in [-0.05, 0) is 101 Å². The predicted octanol–water partition coefficient (Wildman–Crippen LogP) is 12.0. The third-order valence-electron chi connectivity index (χ3n) is 9.09. The molecule has 48 heavy (non-hydrogen) atoms. The summed E-state index contributed by atoms with van der Waals surface area (Å²) in [6, 6.07) is 7.30. The minimum absolute atomic E-state index is 0.913. The van der Waals surface area contributed by atoms with Crippen molar-refractivity contribution in [3.8, 4) is 0 Å². The molecule has 0 radical (unpaired) electrons. The van der Waals surface area contributed by atoms with Crippen molar-refractivity contribution in [1.29, 1.82) is 0 Å². The second kappa shape index (κ2) is 20.2. The average molecular weight is 818 g/mol. The van der Waals surface area contributed by atoms with E-state index in [2.05, 4.69) is 108 Å². The molecule has 0 N–H and O–H groups in total. The van der Waals surface area contributed by atoms with Crippen LogP contribution in [-0.2, 0) is 32.9 Å². The number of hydrogen-bond acceptors (Lipinski definition) is 8. The van der Waals surface area contributed by atoms with Crippen molar-refractivity contribution >= 4 is 68.5 Å². The molecule has 1 saturated heterocycles. The maximum absolute atomic E-state index is 7.49. The third kappa shape index (κ3) is 15.4. The van der Waals surface area contributed by atoms with Crippen molar-refractivity contribution in [2.75, 3.05) is 0 Å². The van der Waals surface area contributed by atoms with Crippen LogP contribution in [0.25, 0.3) is 0 Å².